The van der Waals surface area contributed by atoms with E-state index in [1.807, 2.05) is 0 Å². The minimum atomic E-state index is -1.73. The first-order valence-electron chi connectivity index (χ1n) is 4.76. The number of hydrogen-bond donors (Lipinski definition) is 0. The molecule has 0 aromatic heterocycles. The van der Waals surface area contributed by atoms with E-state index in [0.29, 0.717) is 0 Å². The van der Waals surface area contributed by atoms with Crippen LogP contribution in [-0.4, -0.2) is 23.3 Å². The van der Waals surface area contributed by atoms with Gasteiger partial charge in [0.2, 0.25) is 0 Å². The molecule has 0 spiro atoms. The molecular weight excluding hydrogens is 365 g/mol. The van der Waals surface area contributed by atoms with Gasteiger partial charge in [-0.25, -0.2) is 17.6 Å². The minimum Gasteiger partial charge on any atom is -0.296 e. The molecule has 0 saturated heterocycles. The Morgan fingerprint density at radius 1 is 0.667 bits per heavy atom. The van der Waals surface area contributed by atoms with Gasteiger partial charge in [0, 0.05) is 23.3 Å². The van der Waals surface area contributed by atoms with Crippen LogP contribution >= 0.6 is 0 Å². The van der Waals surface area contributed by atoms with Crippen molar-refractivity contribution in [2.24, 2.45) is 0 Å². The van der Waals surface area contributed by atoms with Crippen LogP contribution in [0.1, 0.15) is 0 Å². The van der Waals surface area contributed by atoms with Crippen molar-refractivity contribution in [2.45, 2.75) is 0 Å². The summed E-state index contributed by atoms with van der Waals surface area (Å²) in [5.41, 5.74) is 0. The Bertz CT molecular complexity index is 467. The summed E-state index contributed by atoms with van der Waals surface area (Å²) in [4.78, 5) is 0. The van der Waals surface area contributed by atoms with Crippen molar-refractivity contribution in [3.63, 3.8) is 0 Å². The molecule has 0 saturated carbocycles. The van der Waals surface area contributed by atoms with Gasteiger partial charge in [-0.05, 0) is 0 Å². The van der Waals surface area contributed by atoms with E-state index in [1.165, 1.54) is 12.2 Å². The molecule has 0 bridgehead atoms. The van der Waals surface area contributed by atoms with Crippen molar-refractivity contribution in [3.05, 3.63) is 47.4 Å². The number of allylic oxidation sites excluding steroid dienone is 4. The first kappa shape index (κ1) is 19.6. The monoisotopic (exact) mass is 368 g/mol. The van der Waals surface area contributed by atoms with Crippen LogP contribution in [-0.2, 0) is 19.5 Å². The molecule has 112 valence electrons. The first-order valence-corrected chi connectivity index (χ1v) is 4.76. The van der Waals surface area contributed by atoms with Crippen LogP contribution in [0, 0.1) is 12.2 Å². The average Bonchev–Trinajstić information content (AvgIpc) is 2.33. The molecule has 2 rings (SSSR count). The topological polar surface area (TPSA) is 6.48 Å². The molecule has 0 N–H and O–H groups in total. The van der Waals surface area contributed by atoms with Gasteiger partial charge in [0.05, 0.1) is 25.0 Å². The molecule has 0 fully saturated rings. The number of rotatable bonds is 0. The molecule has 2 aliphatic rings. The predicted octanol–water partition coefficient (Wildman–Crippen LogP) is 3.90. The molecule has 0 aromatic carbocycles. The number of nitrogens with zero attached hydrogens (tertiary/aromatic N) is 2. The van der Waals surface area contributed by atoms with Gasteiger partial charge in [0.25, 0.3) is 0 Å². The summed E-state index contributed by atoms with van der Waals surface area (Å²) in [5, 5.41) is -1.33. The van der Waals surface area contributed by atoms with Crippen molar-refractivity contribution >= 4 is 0 Å². The molecule has 0 unspecified atom stereocenters. The second-order valence-corrected chi connectivity index (χ2v) is 3.31. The SMILES string of the molecule is FC1=[C-]C(F)=C(F)N(F)C1.FC1=[C-]C(F)=C(F)N(F)C1.[Zn+2]. The predicted molar refractivity (Wildman–Crippen MR) is 49.8 cm³/mol. The van der Waals surface area contributed by atoms with Crippen molar-refractivity contribution in [1.29, 1.82) is 0 Å². The Kier molecular flexibility index (Phi) is 7.63. The summed E-state index contributed by atoms with van der Waals surface area (Å²) in [5.74, 6) is -9.09. The van der Waals surface area contributed by atoms with Crippen LogP contribution in [0.25, 0.3) is 0 Å². The van der Waals surface area contributed by atoms with Crippen molar-refractivity contribution in [3.8, 4) is 0 Å². The van der Waals surface area contributed by atoms with Gasteiger partial charge in [-0.3, -0.25) is 19.0 Å². The van der Waals surface area contributed by atoms with Gasteiger partial charge in [-0.1, -0.05) is 0 Å². The summed E-state index contributed by atoms with van der Waals surface area (Å²) in [6.45, 7) is -1.83. The third-order valence-corrected chi connectivity index (χ3v) is 1.83. The molecule has 21 heavy (non-hydrogen) atoms. The van der Waals surface area contributed by atoms with Crippen LogP contribution in [0.15, 0.2) is 35.2 Å². The molecule has 0 amide bonds. The van der Waals surface area contributed by atoms with Gasteiger partial charge in [0.15, 0.2) is 0 Å². The van der Waals surface area contributed by atoms with Crippen LogP contribution < -0.4 is 0 Å². The van der Waals surface area contributed by atoms with Gasteiger partial charge in [-0.2, -0.15) is 12.2 Å². The van der Waals surface area contributed by atoms with Gasteiger partial charge < -0.3 is 0 Å². The summed E-state index contributed by atoms with van der Waals surface area (Å²) >= 11 is 0. The Morgan fingerprint density at radius 3 is 1.19 bits per heavy atom. The number of halogens is 8. The third-order valence-electron chi connectivity index (χ3n) is 1.83. The molecule has 0 aliphatic carbocycles. The second-order valence-electron chi connectivity index (χ2n) is 3.31. The second kappa shape index (κ2) is 8.16. The van der Waals surface area contributed by atoms with Crippen LogP contribution in [0.3, 0.4) is 0 Å². The van der Waals surface area contributed by atoms with Crippen molar-refractivity contribution in [1.82, 2.24) is 10.2 Å². The van der Waals surface area contributed by atoms with E-state index >= 15 is 0 Å². The summed E-state index contributed by atoms with van der Waals surface area (Å²) in [7, 11) is 0. The molecule has 0 aromatic rings. The summed E-state index contributed by atoms with van der Waals surface area (Å²) in [6.07, 6.45) is 2.73. The smallest absolute Gasteiger partial charge is 0.296 e. The maximum Gasteiger partial charge on any atom is 2.00 e. The Labute approximate surface area is 126 Å². The molecule has 11 heteroatoms. The van der Waals surface area contributed by atoms with Crippen LogP contribution in [0.5, 0.6) is 0 Å². The van der Waals surface area contributed by atoms with Gasteiger partial charge >= 0.3 is 19.5 Å². The fourth-order valence-electron chi connectivity index (χ4n) is 1.02. The normalized spacial score (nSPS) is 18.7. The zero-order valence-corrected chi connectivity index (χ0v) is 13.0. The molecule has 2 aliphatic heterocycles. The van der Waals surface area contributed by atoms with E-state index in [4.69, 9.17) is 0 Å². The zero-order chi connectivity index (χ0) is 15.4. The number of hydrogen-bond acceptors (Lipinski definition) is 2. The van der Waals surface area contributed by atoms with Gasteiger partial charge in [-0.15, -0.1) is 8.96 Å². The minimum absolute atomic E-state index is 0. The fourth-order valence-corrected chi connectivity index (χ4v) is 1.02. The fraction of sp³-hybridized carbons (Fsp3) is 0.200. The Balaban J connectivity index is 0.000000364. The molecule has 0 atom stereocenters. The van der Waals surface area contributed by atoms with E-state index < -0.39 is 58.5 Å². The quantitative estimate of drug-likeness (QED) is 0.210. The molecule has 2 nitrogen and oxygen atoms in total. The van der Waals surface area contributed by atoms with Crippen molar-refractivity contribution < 1.29 is 54.8 Å². The zero-order valence-electron chi connectivity index (χ0n) is 10.0. The van der Waals surface area contributed by atoms with Crippen LogP contribution in [0.4, 0.5) is 35.3 Å². The van der Waals surface area contributed by atoms with Crippen LogP contribution in [0.2, 0.25) is 0 Å². The Hall–Kier alpha value is -1.38. The maximum absolute atomic E-state index is 12.0. The average molecular weight is 370 g/mol. The van der Waals surface area contributed by atoms with E-state index in [0.717, 1.165) is 0 Å². The van der Waals surface area contributed by atoms with E-state index in [-0.39, 0.29) is 19.5 Å². The summed E-state index contributed by atoms with van der Waals surface area (Å²) < 4.78 is 95.5. The largest absolute Gasteiger partial charge is 2.00 e. The van der Waals surface area contributed by atoms with E-state index in [9.17, 15) is 35.3 Å². The summed E-state index contributed by atoms with van der Waals surface area (Å²) in [6, 6.07) is 0. The third kappa shape index (κ3) is 5.49. The van der Waals surface area contributed by atoms with E-state index in [1.54, 1.807) is 0 Å². The van der Waals surface area contributed by atoms with E-state index in [2.05, 4.69) is 0 Å². The molecule has 2 heterocycles. The maximum atomic E-state index is 12.0. The molecule has 0 radical (unpaired) electrons. The first-order chi connectivity index (χ1) is 9.22. The standard InChI is InChI=1S/2C5H2F4N.Zn/c2*6-3-1-4(7)5(8)10(9)2-3;/h2*2H2;/q2*-1;+2. The Morgan fingerprint density at radius 2 is 0.952 bits per heavy atom. The van der Waals surface area contributed by atoms with Crippen molar-refractivity contribution in [2.75, 3.05) is 13.1 Å². The molecular formula is C10H4F8N2Zn. The van der Waals surface area contributed by atoms with Gasteiger partial charge in [0.1, 0.15) is 0 Å².